The Morgan fingerprint density at radius 3 is 2.33 bits per heavy atom. The Labute approximate surface area is 179 Å². The molecule has 2 aliphatic rings. The number of aryl methyl sites for hydroxylation is 1. The van der Waals surface area contributed by atoms with Gasteiger partial charge in [-0.05, 0) is 77.0 Å². The van der Waals surface area contributed by atoms with Gasteiger partial charge in [0, 0.05) is 29.5 Å². The van der Waals surface area contributed by atoms with Crippen molar-refractivity contribution in [3.05, 3.63) is 35.3 Å². The van der Waals surface area contributed by atoms with E-state index < -0.39 is 28.2 Å². The minimum atomic E-state index is -3.06. The van der Waals surface area contributed by atoms with Gasteiger partial charge < -0.3 is 13.9 Å². The molecule has 6 nitrogen and oxygen atoms in total. The van der Waals surface area contributed by atoms with E-state index in [2.05, 4.69) is 15.6 Å². The van der Waals surface area contributed by atoms with Gasteiger partial charge in [0.15, 0.2) is 5.69 Å². The van der Waals surface area contributed by atoms with Crippen LogP contribution in [0.25, 0.3) is 15.7 Å². The minimum absolute atomic E-state index is 0.0987. The number of fused-ring (bicyclic) bond motifs is 1. The molecule has 0 unspecified atom stereocenters. The molecular weight excluding hydrogens is 399 g/mol. The molecule has 0 N–H and O–H groups in total. The predicted octanol–water partition coefficient (Wildman–Crippen LogP) is 3.94. The smallest absolute Gasteiger partial charge is 0.399 e. The summed E-state index contributed by atoms with van der Waals surface area (Å²) in [6.45, 7) is 17.6. The Kier molecular flexibility index (Phi) is 4.89. The SMILES string of the molecule is [C-]#[N+]c1cc2c(B3OC(C)(C)C(C)(C)O3)cn([C@@H]3CC[C@H](S(C)(=O)=O)C3)c2cc1C. The monoisotopic (exact) mass is 428 g/mol. The fourth-order valence-corrected chi connectivity index (χ4v) is 5.69. The molecule has 1 aliphatic heterocycles. The summed E-state index contributed by atoms with van der Waals surface area (Å²) in [6.07, 6.45) is 5.47. The number of benzene rings is 1. The van der Waals surface area contributed by atoms with Crippen molar-refractivity contribution in [2.75, 3.05) is 6.26 Å². The molecule has 1 saturated carbocycles. The molecule has 1 aliphatic carbocycles. The Balaban J connectivity index is 1.83. The fourth-order valence-electron chi connectivity index (χ4n) is 4.55. The molecule has 2 heterocycles. The van der Waals surface area contributed by atoms with E-state index in [1.807, 2.05) is 46.8 Å². The van der Waals surface area contributed by atoms with Crippen LogP contribution in [0.4, 0.5) is 5.69 Å². The lowest BCUT2D eigenvalue weighted by molar-refractivity contribution is 0.00578. The van der Waals surface area contributed by atoms with Crippen molar-refractivity contribution in [1.29, 1.82) is 0 Å². The molecule has 8 heteroatoms. The summed E-state index contributed by atoms with van der Waals surface area (Å²) in [4.78, 5) is 3.68. The summed E-state index contributed by atoms with van der Waals surface area (Å²) in [5.74, 6) is 0. The highest BCUT2D eigenvalue weighted by Crippen LogP contribution is 2.40. The highest BCUT2D eigenvalue weighted by molar-refractivity contribution is 7.91. The van der Waals surface area contributed by atoms with Gasteiger partial charge in [-0.2, -0.15) is 0 Å². The molecule has 0 amide bonds. The largest absolute Gasteiger partial charge is 0.496 e. The summed E-state index contributed by atoms with van der Waals surface area (Å²) in [6, 6.07) is 4.05. The van der Waals surface area contributed by atoms with Gasteiger partial charge in [0.2, 0.25) is 0 Å². The topological polar surface area (TPSA) is 61.9 Å². The van der Waals surface area contributed by atoms with Crippen LogP contribution in [-0.4, -0.2) is 42.8 Å². The molecule has 0 bridgehead atoms. The molecule has 2 fully saturated rings. The van der Waals surface area contributed by atoms with Crippen molar-refractivity contribution in [2.24, 2.45) is 0 Å². The predicted molar refractivity (Wildman–Crippen MR) is 120 cm³/mol. The summed E-state index contributed by atoms with van der Waals surface area (Å²) in [5, 5.41) is 0.636. The first-order chi connectivity index (χ1) is 13.8. The second-order valence-electron chi connectivity index (χ2n) is 9.77. The third kappa shape index (κ3) is 3.37. The molecule has 1 saturated heterocycles. The molecule has 160 valence electrons. The Morgan fingerprint density at radius 2 is 1.80 bits per heavy atom. The molecule has 2 atom stereocenters. The number of nitrogens with zero attached hydrogens (tertiary/aromatic N) is 2. The molecule has 2 aromatic rings. The van der Waals surface area contributed by atoms with Gasteiger partial charge in [-0.15, -0.1) is 0 Å². The van der Waals surface area contributed by atoms with Gasteiger partial charge in [0.1, 0.15) is 9.84 Å². The summed E-state index contributed by atoms with van der Waals surface area (Å²) in [5.41, 5.74) is 2.50. The quantitative estimate of drug-likeness (QED) is 0.549. The second kappa shape index (κ2) is 6.84. The van der Waals surface area contributed by atoms with E-state index >= 15 is 0 Å². The minimum Gasteiger partial charge on any atom is -0.399 e. The van der Waals surface area contributed by atoms with E-state index in [0.29, 0.717) is 18.5 Å². The van der Waals surface area contributed by atoms with Crippen LogP contribution in [0, 0.1) is 13.5 Å². The van der Waals surface area contributed by atoms with Crippen molar-refractivity contribution in [3.8, 4) is 0 Å². The molecule has 4 rings (SSSR count). The van der Waals surface area contributed by atoms with Crippen LogP contribution in [-0.2, 0) is 19.1 Å². The first-order valence-corrected chi connectivity index (χ1v) is 12.4. The van der Waals surface area contributed by atoms with Crippen LogP contribution in [0.15, 0.2) is 18.3 Å². The van der Waals surface area contributed by atoms with Crippen molar-refractivity contribution < 1.29 is 17.7 Å². The zero-order valence-electron chi connectivity index (χ0n) is 18.5. The third-order valence-corrected chi connectivity index (χ3v) is 8.80. The maximum Gasteiger partial charge on any atom is 0.496 e. The lowest BCUT2D eigenvalue weighted by Gasteiger charge is -2.32. The van der Waals surface area contributed by atoms with Crippen LogP contribution in [0.5, 0.6) is 0 Å². The fraction of sp³-hybridized carbons (Fsp3) is 0.591. The zero-order chi connectivity index (χ0) is 22.1. The molecule has 1 aromatic carbocycles. The Morgan fingerprint density at radius 1 is 1.17 bits per heavy atom. The van der Waals surface area contributed by atoms with Gasteiger partial charge in [-0.3, -0.25) is 0 Å². The zero-order valence-corrected chi connectivity index (χ0v) is 19.3. The van der Waals surface area contributed by atoms with E-state index in [1.165, 1.54) is 6.26 Å². The maximum absolute atomic E-state index is 12.1. The van der Waals surface area contributed by atoms with Gasteiger partial charge in [-0.25, -0.2) is 13.3 Å². The number of hydrogen-bond acceptors (Lipinski definition) is 4. The highest BCUT2D eigenvalue weighted by atomic mass is 32.2. The van der Waals surface area contributed by atoms with Crippen molar-refractivity contribution in [2.45, 2.75) is 76.4 Å². The summed E-state index contributed by atoms with van der Waals surface area (Å²) < 4.78 is 39.0. The molecule has 30 heavy (non-hydrogen) atoms. The number of aromatic nitrogens is 1. The van der Waals surface area contributed by atoms with Crippen molar-refractivity contribution >= 4 is 39.0 Å². The lowest BCUT2D eigenvalue weighted by atomic mass is 9.79. The number of rotatable bonds is 3. The van der Waals surface area contributed by atoms with Crippen LogP contribution in [0.3, 0.4) is 0 Å². The van der Waals surface area contributed by atoms with E-state index in [4.69, 9.17) is 15.9 Å². The van der Waals surface area contributed by atoms with E-state index in [-0.39, 0.29) is 11.3 Å². The van der Waals surface area contributed by atoms with Gasteiger partial charge >= 0.3 is 7.12 Å². The molecule has 1 aromatic heterocycles. The van der Waals surface area contributed by atoms with E-state index in [9.17, 15) is 8.42 Å². The first-order valence-electron chi connectivity index (χ1n) is 10.4. The van der Waals surface area contributed by atoms with E-state index in [0.717, 1.165) is 28.4 Å². The molecule has 0 radical (unpaired) electrons. The first kappa shape index (κ1) is 21.4. The van der Waals surface area contributed by atoms with Crippen LogP contribution in [0.2, 0.25) is 0 Å². The van der Waals surface area contributed by atoms with Crippen LogP contribution in [0.1, 0.15) is 58.6 Å². The van der Waals surface area contributed by atoms with Gasteiger partial charge in [0.05, 0.1) is 23.0 Å². The van der Waals surface area contributed by atoms with Gasteiger partial charge in [0.25, 0.3) is 0 Å². The molecule has 0 spiro atoms. The Bertz CT molecular complexity index is 1140. The third-order valence-electron chi connectivity index (χ3n) is 7.16. The summed E-state index contributed by atoms with van der Waals surface area (Å²) >= 11 is 0. The normalized spacial score (nSPS) is 25.7. The maximum atomic E-state index is 12.1. The lowest BCUT2D eigenvalue weighted by Crippen LogP contribution is -2.41. The second-order valence-corrected chi connectivity index (χ2v) is 12.1. The number of sulfone groups is 1. The standard InChI is InChI=1S/C22H29BN2O4S/c1-14-10-20-17(12-19(14)24-6)18(23-28-21(2,3)22(4,5)29-23)13-25(20)15-8-9-16(11-15)30(7,26)27/h10,12-13,15-16H,8-9,11H2,1-5,7H3/t15-,16+/m1/s1. The van der Waals surface area contributed by atoms with Crippen LogP contribution < -0.4 is 5.46 Å². The van der Waals surface area contributed by atoms with Crippen LogP contribution >= 0.6 is 0 Å². The van der Waals surface area contributed by atoms with E-state index in [1.54, 1.807) is 0 Å². The van der Waals surface area contributed by atoms with Gasteiger partial charge in [-0.1, -0.05) is 0 Å². The summed E-state index contributed by atoms with van der Waals surface area (Å²) in [7, 11) is -3.59. The highest BCUT2D eigenvalue weighted by Gasteiger charge is 2.52. The van der Waals surface area contributed by atoms with Crippen molar-refractivity contribution in [1.82, 2.24) is 4.57 Å². The average molecular weight is 428 g/mol. The van der Waals surface area contributed by atoms with Crippen molar-refractivity contribution in [3.63, 3.8) is 0 Å². The average Bonchev–Trinajstić information content (AvgIpc) is 3.28. The molecular formula is C22H29BN2O4S. The Hall–Kier alpha value is -1.82. The number of hydrogen-bond donors (Lipinski definition) is 0.